The van der Waals surface area contributed by atoms with Crippen molar-refractivity contribution in [3.63, 3.8) is 0 Å². The van der Waals surface area contributed by atoms with Crippen LogP contribution in [0.3, 0.4) is 0 Å². The minimum absolute atomic E-state index is 0. The number of hydrogen-bond acceptors (Lipinski definition) is 8. The minimum Gasteiger partial charge on any atom is -0.850 e. The number of anilines is 5. The summed E-state index contributed by atoms with van der Waals surface area (Å²) < 4.78 is 5.59. The van der Waals surface area contributed by atoms with E-state index in [0.717, 1.165) is 83.6 Å². The van der Waals surface area contributed by atoms with Gasteiger partial charge in [-0.05, 0) is 148 Å². The van der Waals surface area contributed by atoms with Gasteiger partial charge >= 0.3 is 29.6 Å². The molecule has 0 spiro atoms. The van der Waals surface area contributed by atoms with Gasteiger partial charge in [0.15, 0.2) is 0 Å². The number of rotatable bonds is 15. The number of nitrogens with one attached hydrogen (secondary N) is 1. The quantitative estimate of drug-likeness (QED) is 0.0779. The van der Waals surface area contributed by atoms with Crippen molar-refractivity contribution in [3.05, 3.63) is 319 Å². The van der Waals surface area contributed by atoms with Gasteiger partial charge in [0.05, 0.1) is 22.8 Å². The van der Waals surface area contributed by atoms with Crippen molar-refractivity contribution in [2.24, 2.45) is 0 Å². The van der Waals surface area contributed by atoms with E-state index in [-0.39, 0.29) is 29.6 Å². The third kappa shape index (κ3) is 19.3. The number of thiol groups is 1. The maximum absolute atomic E-state index is 10.1. The summed E-state index contributed by atoms with van der Waals surface area (Å²) in [4.78, 5) is 21.3. The van der Waals surface area contributed by atoms with Gasteiger partial charge in [0.2, 0.25) is 0 Å². The topological polar surface area (TPSA) is 99.8 Å². The molecule has 12 heteroatoms. The molecule has 9 nitrogen and oxygen atoms in total. The number of hydrogen-bond donors (Lipinski definition) is 2. The van der Waals surface area contributed by atoms with E-state index in [2.05, 4.69) is 350 Å². The second-order valence-corrected chi connectivity index (χ2v) is 27.6. The van der Waals surface area contributed by atoms with Crippen LogP contribution >= 0.6 is 28.6 Å². The molecule has 506 valence electrons. The van der Waals surface area contributed by atoms with Gasteiger partial charge in [0.1, 0.15) is 11.6 Å². The summed E-state index contributed by atoms with van der Waals surface area (Å²) in [6.07, 6.45) is 13.4. The Balaban J connectivity index is 0.000000182. The maximum Gasteiger partial charge on any atom is 1.00 e. The zero-order chi connectivity index (χ0) is 70.9. The van der Waals surface area contributed by atoms with Crippen LogP contribution in [0.2, 0.25) is 0 Å². The molecule has 1 N–H and O–H groups in total. The number of benzene rings is 10. The predicted octanol–water partition coefficient (Wildman–Crippen LogP) is 21.4. The Labute approximate surface area is 634 Å². The SMILES string of the molecule is CC(C)(C)[O-].CC(C)c1cccc(C(C)C)c1-n1ccnc1-c1cccc(Br)c1.CC(C)c1cccc(C(C)C)c1-n1ccnc1-c1cccc(N(c2ccccc2)c2cccc(-c3nccc4ccccc34)c2)c1.CS.[Na+].c1ccc(Nc2cccc(-c3nccc4ccccc34)c2)cc1. The summed E-state index contributed by atoms with van der Waals surface area (Å²) in [5.41, 5.74) is 18.8. The molecule has 0 aliphatic heterocycles. The van der Waals surface area contributed by atoms with Crippen LogP contribution in [0.5, 0.6) is 0 Å². The second-order valence-electron chi connectivity index (χ2n) is 26.7. The fourth-order valence-electron chi connectivity index (χ4n) is 12.3. The monoisotopic (exact) mass is 1420 g/mol. The first-order valence-electron chi connectivity index (χ1n) is 34.3. The van der Waals surface area contributed by atoms with E-state index in [4.69, 9.17) is 9.97 Å². The van der Waals surface area contributed by atoms with Crippen molar-refractivity contribution >= 4 is 78.5 Å². The fraction of sp³-hybridized carbons (Fsp3) is 0.191. The number of para-hydroxylation sites is 4. The molecular formula is C89H90BrN8NaOS. The molecule has 0 radical (unpaired) electrons. The molecule has 14 rings (SSSR count). The van der Waals surface area contributed by atoms with Crippen LogP contribution in [0, 0.1) is 0 Å². The molecular weight excluding hydrogens is 1330 g/mol. The first-order valence-corrected chi connectivity index (χ1v) is 36.0. The van der Waals surface area contributed by atoms with Crippen LogP contribution in [0.15, 0.2) is 296 Å². The Morgan fingerprint density at radius 1 is 0.386 bits per heavy atom. The number of imidazole rings is 2. The zero-order valence-electron chi connectivity index (χ0n) is 60.4. The van der Waals surface area contributed by atoms with Crippen LogP contribution in [-0.2, 0) is 0 Å². The van der Waals surface area contributed by atoms with Crippen LogP contribution in [0.1, 0.15) is 122 Å². The standard InChI is InChI=1S/C42H38N4.C21H23BrN2.C21H16N2.C4H9O.CH4S.Na/c1-29(2)37-21-12-22-38(30(3)4)41(37)45-26-25-44-42(45)33-15-11-19-36(28-33)46(34-16-6-5-7-17-34)35-18-10-14-32(27-35)40-39-20-9-8-13-31(39)23-24-43-40;1-14(2)18-9-6-10-19(15(3)4)20(18)24-12-11-23-21(24)16-7-5-8-17(22)13-16;1-2-9-18(10-3-1)23-19-11-6-8-17(15-19)21-20-12-5-4-7-16(20)13-14-22-21;1-4(2,3)5;1-2;/h5-30H,1-4H3;5-15H,1-4H3;1-15,23H;1-3H3;2H,1H3;/q;;;-1;;+1. The molecule has 101 heavy (non-hydrogen) atoms. The van der Waals surface area contributed by atoms with E-state index in [1.54, 1.807) is 27.0 Å². The Morgan fingerprint density at radius 2 is 0.743 bits per heavy atom. The molecule has 0 amide bonds. The Bertz CT molecular complexity index is 4890. The molecule has 4 aromatic heterocycles. The minimum atomic E-state index is -0.750. The van der Waals surface area contributed by atoms with Gasteiger partial charge in [0.25, 0.3) is 0 Å². The largest absolute Gasteiger partial charge is 1.00 e. The molecule has 0 aliphatic rings. The number of pyridine rings is 2. The average Bonchev–Trinajstić information content (AvgIpc) is 1.77. The van der Waals surface area contributed by atoms with Crippen molar-refractivity contribution < 1.29 is 34.7 Å². The summed E-state index contributed by atoms with van der Waals surface area (Å²) in [6.45, 7) is 22.9. The molecule has 0 bridgehead atoms. The van der Waals surface area contributed by atoms with E-state index in [1.165, 1.54) is 49.8 Å². The van der Waals surface area contributed by atoms with E-state index in [9.17, 15) is 5.11 Å². The van der Waals surface area contributed by atoms with E-state index in [1.807, 2.05) is 55.1 Å². The Kier molecular flexibility index (Phi) is 27.0. The smallest absolute Gasteiger partial charge is 0.850 e. The predicted molar refractivity (Wildman–Crippen MR) is 429 cm³/mol. The van der Waals surface area contributed by atoms with Gasteiger partial charge in [0, 0.05) is 103 Å². The first-order chi connectivity index (χ1) is 48.4. The molecule has 0 fully saturated rings. The molecule has 0 atom stereocenters. The summed E-state index contributed by atoms with van der Waals surface area (Å²) in [6, 6.07) is 89.0. The van der Waals surface area contributed by atoms with Crippen LogP contribution in [0.25, 0.3) is 78.2 Å². The van der Waals surface area contributed by atoms with Gasteiger partial charge in [-0.25, -0.2) is 9.97 Å². The molecule has 14 aromatic rings. The van der Waals surface area contributed by atoms with Crippen LogP contribution in [0.4, 0.5) is 28.4 Å². The molecule has 0 aliphatic carbocycles. The zero-order valence-corrected chi connectivity index (χ0v) is 64.9. The van der Waals surface area contributed by atoms with Crippen molar-refractivity contribution in [1.82, 2.24) is 29.1 Å². The van der Waals surface area contributed by atoms with Gasteiger partial charge in [-0.15, -0.1) is 5.60 Å². The van der Waals surface area contributed by atoms with Crippen molar-refractivity contribution in [1.29, 1.82) is 0 Å². The van der Waals surface area contributed by atoms with Crippen molar-refractivity contribution in [3.8, 4) is 56.7 Å². The third-order valence-corrected chi connectivity index (χ3v) is 17.3. The summed E-state index contributed by atoms with van der Waals surface area (Å²) in [5, 5.41) is 18.2. The number of halogens is 1. The summed E-state index contributed by atoms with van der Waals surface area (Å²) in [5.74, 6) is 3.58. The number of aromatic nitrogens is 6. The van der Waals surface area contributed by atoms with E-state index >= 15 is 0 Å². The van der Waals surface area contributed by atoms with Crippen molar-refractivity contribution in [2.45, 2.75) is 105 Å². The Hall–Kier alpha value is -9.17. The molecule has 4 heterocycles. The third-order valence-electron chi connectivity index (χ3n) is 16.8. The number of nitrogens with zero attached hydrogens (tertiary/aromatic N) is 7. The van der Waals surface area contributed by atoms with Crippen LogP contribution in [-0.4, -0.2) is 40.9 Å². The Morgan fingerprint density at radius 3 is 1.20 bits per heavy atom. The summed E-state index contributed by atoms with van der Waals surface area (Å²) in [7, 11) is 0. The first kappa shape index (κ1) is 76.0. The molecule has 0 saturated carbocycles. The maximum atomic E-state index is 10.1. The van der Waals surface area contributed by atoms with Crippen LogP contribution < -0.4 is 44.9 Å². The fourth-order valence-corrected chi connectivity index (χ4v) is 12.7. The van der Waals surface area contributed by atoms with Gasteiger partial charge in [-0.1, -0.05) is 262 Å². The molecule has 0 saturated heterocycles. The normalized spacial score (nSPS) is 11.0. The van der Waals surface area contributed by atoms with Gasteiger partial charge < -0.3 is 15.3 Å². The molecule has 10 aromatic carbocycles. The molecule has 0 unspecified atom stereocenters. The second kappa shape index (κ2) is 35.9. The van der Waals surface area contributed by atoms with Gasteiger partial charge in [-0.2, -0.15) is 12.6 Å². The van der Waals surface area contributed by atoms with E-state index in [0.29, 0.717) is 23.7 Å². The van der Waals surface area contributed by atoms with Gasteiger partial charge in [-0.3, -0.25) is 19.1 Å². The number of fused-ring (bicyclic) bond motifs is 2. The summed E-state index contributed by atoms with van der Waals surface area (Å²) >= 11 is 7.09. The average molecular weight is 1420 g/mol. The van der Waals surface area contributed by atoms with Crippen molar-refractivity contribution in [2.75, 3.05) is 16.5 Å². The van der Waals surface area contributed by atoms with E-state index < -0.39 is 5.60 Å².